The third-order valence-corrected chi connectivity index (χ3v) is 6.47. The van der Waals surface area contributed by atoms with Gasteiger partial charge in [0.1, 0.15) is 24.8 Å². The minimum atomic E-state index is -0.310. The number of nitrogens with zero attached hydrogens (tertiary/aromatic N) is 2. The van der Waals surface area contributed by atoms with Crippen molar-refractivity contribution < 1.29 is 28.2 Å². The van der Waals surface area contributed by atoms with Gasteiger partial charge in [0.05, 0.1) is 11.7 Å². The topological polar surface area (TPSA) is 80.3 Å². The summed E-state index contributed by atoms with van der Waals surface area (Å²) in [5.41, 5.74) is 1.49. The molecule has 196 valence electrons. The second kappa shape index (κ2) is 12.8. The number of fused-ring (bicyclic) bond motifs is 1. The molecule has 1 aliphatic rings. The summed E-state index contributed by atoms with van der Waals surface area (Å²) in [6, 6.07) is 11.6. The van der Waals surface area contributed by atoms with Gasteiger partial charge in [0.25, 0.3) is 5.91 Å². The van der Waals surface area contributed by atoms with E-state index in [1.54, 1.807) is 49.4 Å². The minimum Gasteiger partial charge on any atom is -0.491 e. The number of amides is 2. The maximum Gasteiger partial charge on any atom is 0.257 e. The lowest BCUT2D eigenvalue weighted by atomic mass is 10.0. The SMILES string of the molecule is COCC(=O)Nc1ccc2c(c1)OC[C@H](C)N(Cc1ccccc1F)C[C@H](C)[C@H](OC)CN(C)C2=O. The van der Waals surface area contributed by atoms with Crippen LogP contribution in [0.2, 0.25) is 0 Å². The van der Waals surface area contributed by atoms with E-state index in [4.69, 9.17) is 14.2 Å². The molecule has 3 rings (SSSR count). The highest BCUT2D eigenvalue weighted by molar-refractivity contribution is 5.98. The van der Waals surface area contributed by atoms with E-state index in [-0.39, 0.29) is 48.9 Å². The molecule has 8 nitrogen and oxygen atoms in total. The van der Waals surface area contributed by atoms with Crippen molar-refractivity contribution in [2.24, 2.45) is 5.92 Å². The van der Waals surface area contributed by atoms with Gasteiger partial charge in [0, 0.05) is 64.3 Å². The van der Waals surface area contributed by atoms with E-state index in [0.29, 0.717) is 42.2 Å². The van der Waals surface area contributed by atoms with Crippen LogP contribution in [0.5, 0.6) is 5.75 Å². The lowest BCUT2D eigenvalue weighted by molar-refractivity contribution is -0.119. The average Bonchev–Trinajstić information content (AvgIpc) is 2.85. The molecule has 0 spiro atoms. The van der Waals surface area contributed by atoms with Gasteiger partial charge in [-0.2, -0.15) is 0 Å². The highest BCUT2D eigenvalue weighted by Crippen LogP contribution is 2.27. The second-order valence-corrected chi connectivity index (χ2v) is 9.31. The molecule has 0 aliphatic carbocycles. The second-order valence-electron chi connectivity index (χ2n) is 9.31. The van der Waals surface area contributed by atoms with Crippen LogP contribution in [0.3, 0.4) is 0 Å². The van der Waals surface area contributed by atoms with Crippen LogP contribution in [-0.4, -0.2) is 81.3 Å². The highest BCUT2D eigenvalue weighted by Gasteiger charge is 2.29. The Morgan fingerprint density at radius 2 is 1.92 bits per heavy atom. The van der Waals surface area contributed by atoms with Gasteiger partial charge < -0.3 is 24.4 Å². The van der Waals surface area contributed by atoms with Gasteiger partial charge in [-0.3, -0.25) is 14.5 Å². The zero-order valence-electron chi connectivity index (χ0n) is 21.6. The first-order chi connectivity index (χ1) is 17.2. The Balaban J connectivity index is 1.94. The van der Waals surface area contributed by atoms with Crippen molar-refractivity contribution in [2.45, 2.75) is 32.5 Å². The molecule has 3 atom stereocenters. The first kappa shape index (κ1) is 27.6. The summed E-state index contributed by atoms with van der Waals surface area (Å²) in [6.45, 7) is 5.68. The zero-order chi connectivity index (χ0) is 26.2. The summed E-state index contributed by atoms with van der Waals surface area (Å²) in [4.78, 5) is 29.1. The van der Waals surface area contributed by atoms with Gasteiger partial charge in [0.15, 0.2) is 0 Å². The third-order valence-electron chi connectivity index (χ3n) is 6.47. The van der Waals surface area contributed by atoms with E-state index in [1.165, 1.54) is 13.2 Å². The summed E-state index contributed by atoms with van der Waals surface area (Å²) in [5, 5.41) is 2.75. The van der Waals surface area contributed by atoms with Gasteiger partial charge in [-0.05, 0) is 31.0 Å². The fraction of sp³-hybridized carbons (Fsp3) is 0.481. The van der Waals surface area contributed by atoms with Gasteiger partial charge in [0.2, 0.25) is 5.91 Å². The Morgan fingerprint density at radius 3 is 2.61 bits per heavy atom. The molecule has 0 unspecified atom stereocenters. The van der Waals surface area contributed by atoms with Gasteiger partial charge in [-0.15, -0.1) is 0 Å². The fourth-order valence-electron chi connectivity index (χ4n) is 4.32. The number of methoxy groups -OCH3 is 2. The number of carbonyl (C=O) groups excluding carboxylic acids is 2. The van der Waals surface area contributed by atoms with Crippen LogP contribution in [0.15, 0.2) is 42.5 Å². The third kappa shape index (κ3) is 7.02. The van der Waals surface area contributed by atoms with E-state index in [1.807, 2.05) is 13.0 Å². The van der Waals surface area contributed by atoms with Crippen LogP contribution in [0.1, 0.15) is 29.8 Å². The van der Waals surface area contributed by atoms with Crippen molar-refractivity contribution >= 4 is 17.5 Å². The van der Waals surface area contributed by atoms with Gasteiger partial charge >= 0.3 is 0 Å². The van der Waals surface area contributed by atoms with Crippen molar-refractivity contribution in [1.29, 1.82) is 0 Å². The fourth-order valence-corrected chi connectivity index (χ4v) is 4.32. The van der Waals surface area contributed by atoms with E-state index in [9.17, 15) is 14.0 Å². The van der Waals surface area contributed by atoms with Gasteiger partial charge in [-0.25, -0.2) is 4.39 Å². The van der Waals surface area contributed by atoms with E-state index in [0.717, 1.165) is 0 Å². The molecule has 2 aromatic carbocycles. The van der Waals surface area contributed by atoms with Crippen molar-refractivity contribution in [3.63, 3.8) is 0 Å². The van der Waals surface area contributed by atoms with E-state index >= 15 is 0 Å². The lowest BCUT2D eigenvalue weighted by Gasteiger charge is -2.36. The smallest absolute Gasteiger partial charge is 0.257 e. The van der Waals surface area contributed by atoms with Crippen LogP contribution in [-0.2, 0) is 20.8 Å². The average molecular weight is 502 g/mol. The predicted molar refractivity (Wildman–Crippen MR) is 136 cm³/mol. The largest absolute Gasteiger partial charge is 0.491 e. The summed E-state index contributed by atoms with van der Waals surface area (Å²) in [6.07, 6.45) is -0.217. The predicted octanol–water partition coefficient (Wildman–Crippen LogP) is 3.42. The molecular weight excluding hydrogens is 465 g/mol. The summed E-state index contributed by atoms with van der Waals surface area (Å²) in [7, 11) is 4.81. The maximum absolute atomic E-state index is 14.5. The molecule has 0 fully saturated rings. The standard InChI is InChI=1S/C27H36FN3O5/c1-18-13-31(14-20-8-6-7-9-23(20)28)19(2)16-36-24-12-21(29-26(32)17-34-4)10-11-22(24)27(33)30(3)15-25(18)35-5/h6-12,18-19,25H,13-17H2,1-5H3,(H,29,32)/t18-,19-,25+/m0/s1. The monoisotopic (exact) mass is 501 g/mol. The molecule has 2 amide bonds. The number of likely N-dealkylation sites (N-methyl/N-ethyl adjacent to an activating group) is 1. The summed E-state index contributed by atoms with van der Waals surface area (Å²) >= 11 is 0. The minimum absolute atomic E-state index is 0.0664. The summed E-state index contributed by atoms with van der Waals surface area (Å²) in [5.74, 6) is -0.334. The molecule has 1 N–H and O–H groups in total. The number of halogens is 1. The van der Waals surface area contributed by atoms with E-state index in [2.05, 4.69) is 17.1 Å². The van der Waals surface area contributed by atoms with Crippen molar-refractivity contribution in [3.8, 4) is 5.75 Å². The molecule has 1 heterocycles. The van der Waals surface area contributed by atoms with Gasteiger partial charge in [-0.1, -0.05) is 25.1 Å². The van der Waals surface area contributed by atoms with Crippen LogP contribution >= 0.6 is 0 Å². The van der Waals surface area contributed by atoms with Crippen molar-refractivity contribution in [3.05, 3.63) is 59.4 Å². The maximum atomic E-state index is 14.5. The molecule has 0 radical (unpaired) electrons. The number of nitrogens with one attached hydrogen (secondary N) is 1. The van der Waals surface area contributed by atoms with E-state index < -0.39 is 0 Å². The quantitative estimate of drug-likeness (QED) is 0.654. The van der Waals surface area contributed by atoms with Crippen LogP contribution in [0, 0.1) is 11.7 Å². The Bertz CT molecular complexity index is 1050. The number of carbonyl (C=O) groups is 2. The molecule has 0 bridgehead atoms. The van der Waals surface area contributed by atoms with Crippen molar-refractivity contribution in [1.82, 2.24) is 9.80 Å². The molecule has 2 aromatic rings. The molecule has 9 heteroatoms. The number of hydrogen-bond donors (Lipinski definition) is 1. The summed E-state index contributed by atoms with van der Waals surface area (Å²) < 4.78 is 31.3. The first-order valence-corrected chi connectivity index (χ1v) is 12.0. The molecule has 0 aromatic heterocycles. The zero-order valence-corrected chi connectivity index (χ0v) is 21.6. The van der Waals surface area contributed by atoms with Crippen LogP contribution in [0.4, 0.5) is 10.1 Å². The highest BCUT2D eigenvalue weighted by atomic mass is 19.1. The number of rotatable bonds is 6. The molecule has 1 aliphatic heterocycles. The molecular formula is C27H36FN3O5. The Labute approximate surface area is 212 Å². The number of benzene rings is 2. The molecule has 0 saturated heterocycles. The Hall–Kier alpha value is -3.01. The van der Waals surface area contributed by atoms with Crippen LogP contribution < -0.4 is 10.1 Å². The lowest BCUT2D eigenvalue weighted by Crippen LogP contribution is -2.46. The van der Waals surface area contributed by atoms with Crippen molar-refractivity contribution in [2.75, 3.05) is 52.9 Å². The van der Waals surface area contributed by atoms with Crippen LogP contribution in [0.25, 0.3) is 0 Å². The molecule has 36 heavy (non-hydrogen) atoms. The first-order valence-electron chi connectivity index (χ1n) is 12.0. The molecule has 0 saturated carbocycles. The number of anilines is 1. The number of hydrogen-bond acceptors (Lipinski definition) is 6. The number of ether oxygens (including phenoxy) is 3. The normalized spacial score (nSPS) is 21.7. The Kier molecular flexibility index (Phi) is 9.81. The Morgan fingerprint density at radius 1 is 1.17 bits per heavy atom.